The van der Waals surface area contributed by atoms with Crippen molar-refractivity contribution in [1.29, 1.82) is 0 Å². The molecule has 1 unspecified atom stereocenters. The number of ether oxygens (including phenoxy) is 1. The number of benzene rings is 1. The van der Waals surface area contributed by atoms with Crippen LogP contribution >= 0.6 is 0 Å². The molecule has 1 N–H and O–H groups in total. The molecule has 0 heterocycles. The van der Waals surface area contributed by atoms with Gasteiger partial charge >= 0.3 is 5.97 Å². The highest BCUT2D eigenvalue weighted by molar-refractivity contribution is 5.94. The maximum atomic E-state index is 12.9. The first kappa shape index (κ1) is 18.1. The van der Waals surface area contributed by atoms with E-state index in [0.717, 1.165) is 0 Å². The highest BCUT2D eigenvalue weighted by atomic mass is 19.1. The van der Waals surface area contributed by atoms with Gasteiger partial charge in [0.05, 0.1) is 5.92 Å². The van der Waals surface area contributed by atoms with Crippen molar-refractivity contribution in [2.24, 2.45) is 5.92 Å². The fourth-order valence-electron chi connectivity index (χ4n) is 1.96. The molecule has 0 spiro atoms. The summed E-state index contributed by atoms with van der Waals surface area (Å²) in [6, 6.07) is 5.23. The molecular formula is C16H22FNO4. The largest absolute Gasteiger partial charge is 0.481 e. The Labute approximate surface area is 129 Å². The minimum atomic E-state index is -0.957. The number of halogens is 1. The molecular weight excluding hydrogens is 289 g/mol. The minimum Gasteiger partial charge on any atom is -0.481 e. The lowest BCUT2D eigenvalue weighted by Crippen LogP contribution is -2.38. The molecule has 0 fully saturated rings. The third-order valence-electron chi connectivity index (χ3n) is 3.22. The number of hydrogen-bond acceptors (Lipinski definition) is 3. The van der Waals surface area contributed by atoms with Crippen LogP contribution in [0.2, 0.25) is 0 Å². The molecule has 22 heavy (non-hydrogen) atoms. The maximum Gasteiger partial charge on any atom is 0.308 e. The van der Waals surface area contributed by atoms with Crippen LogP contribution in [0.5, 0.6) is 0 Å². The summed E-state index contributed by atoms with van der Waals surface area (Å²) in [6.07, 6.45) is 0.618. The second-order valence-electron chi connectivity index (χ2n) is 5.05. The molecule has 1 rings (SSSR count). The van der Waals surface area contributed by atoms with Gasteiger partial charge in [-0.15, -0.1) is 0 Å². The van der Waals surface area contributed by atoms with Crippen molar-refractivity contribution in [3.63, 3.8) is 0 Å². The Hall–Kier alpha value is -1.95. The fraction of sp³-hybridized carbons (Fsp3) is 0.500. The van der Waals surface area contributed by atoms with E-state index in [2.05, 4.69) is 0 Å². The van der Waals surface area contributed by atoms with Gasteiger partial charge in [-0.2, -0.15) is 0 Å². The van der Waals surface area contributed by atoms with E-state index in [9.17, 15) is 14.0 Å². The molecule has 1 aromatic rings. The first-order chi connectivity index (χ1) is 10.5. The van der Waals surface area contributed by atoms with Gasteiger partial charge < -0.3 is 14.7 Å². The summed E-state index contributed by atoms with van der Waals surface area (Å²) in [7, 11) is 0. The van der Waals surface area contributed by atoms with Crippen LogP contribution in [-0.4, -0.2) is 48.2 Å². The molecule has 5 nitrogen and oxygen atoms in total. The van der Waals surface area contributed by atoms with Crippen LogP contribution in [0, 0.1) is 11.7 Å². The monoisotopic (exact) mass is 311 g/mol. The molecule has 0 bridgehead atoms. The average Bonchev–Trinajstić information content (AvgIpc) is 2.50. The molecule has 0 saturated heterocycles. The zero-order valence-electron chi connectivity index (χ0n) is 12.9. The highest BCUT2D eigenvalue weighted by Crippen LogP contribution is 2.10. The Morgan fingerprint density at radius 3 is 2.50 bits per heavy atom. The van der Waals surface area contributed by atoms with E-state index in [-0.39, 0.29) is 12.5 Å². The molecule has 0 radical (unpaired) electrons. The molecule has 0 aliphatic carbocycles. The van der Waals surface area contributed by atoms with Gasteiger partial charge in [0, 0.05) is 31.9 Å². The van der Waals surface area contributed by atoms with E-state index in [1.54, 1.807) is 6.92 Å². The second-order valence-corrected chi connectivity index (χ2v) is 5.05. The predicted octanol–water partition coefficient (Wildman–Crippen LogP) is 2.42. The molecule has 122 valence electrons. The predicted molar refractivity (Wildman–Crippen MR) is 80.2 cm³/mol. The topological polar surface area (TPSA) is 66.8 Å². The van der Waals surface area contributed by atoms with Crippen LogP contribution in [0.1, 0.15) is 30.6 Å². The first-order valence-corrected chi connectivity index (χ1v) is 7.31. The van der Waals surface area contributed by atoms with Gasteiger partial charge in [0.25, 0.3) is 5.91 Å². The number of hydrogen-bond donors (Lipinski definition) is 1. The number of rotatable bonds is 9. The van der Waals surface area contributed by atoms with E-state index in [4.69, 9.17) is 9.84 Å². The van der Waals surface area contributed by atoms with Gasteiger partial charge in [0.1, 0.15) is 5.82 Å². The van der Waals surface area contributed by atoms with Gasteiger partial charge in [-0.25, -0.2) is 4.39 Å². The van der Waals surface area contributed by atoms with Crippen molar-refractivity contribution in [3.8, 4) is 0 Å². The number of carbonyl (C=O) groups is 2. The molecule has 0 saturated carbocycles. The Morgan fingerprint density at radius 1 is 1.32 bits per heavy atom. The van der Waals surface area contributed by atoms with Crippen LogP contribution in [-0.2, 0) is 9.53 Å². The Balaban J connectivity index is 2.75. The number of carboxylic acids is 1. The Kier molecular flexibility index (Phi) is 7.52. The lowest BCUT2D eigenvalue weighted by molar-refractivity contribution is -0.141. The zero-order chi connectivity index (χ0) is 16.5. The Morgan fingerprint density at radius 2 is 1.95 bits per heavy atom. The number of nitrogens with zero attached hydrogens (tertiary/aromatic N) is 1. The zero-order valence-corrected chi connectivity index (χ0v) is 12.9. The molecule has 0 aliphatic rings. The minimum absolute atomic E-state index is 0.109. The standard InChI is InChI=1S/C16H22FNO4/c1-3-22-10-4-9-18(11-12(2)16(20)21)15(19)13-5-7-14(17)8-6-13/h5-8,12H,3-4,9-11H2,1-2H3,(H,20,21). The van der Waals surface area contributed by atoms with E-state index >= 15 is 0 Å². The van der Waals surface area contributed by atoms with Crippen LogP contribution in [0.3, 0.4) is 0 Å². The second kappa shape index (κ2) is 9.15. The molecule has 1 atom stereocenters. The lowest BCUT2D eigenvalue weighted by atomic mass is 10.1. The number of aliphatic carboxylic acids is 1. The summed E-state index contributed by atoms with van der Waals surface area (Å²) >= 11 is 0. The number of amides is 1. The molecule has 1 amide bonds. The maximum absolute atomic E-state index is 12.9. The molecule has 0 aliphatic heterocycles. The van der Waals surface area contributed by atoms with Gasteiger partial charge in [0.15, 0.2) is 0 Å². The number of carbonyl (C=O) groups excluding carboxylic acids is 1. The van der Waals surface area contributed by atoms with Gasteiger partial charge in [-0.3, -0.25) is 9.59 Å². The smallest absolute Gasteiger partial charge is 0.308 e. The molecule has 1 aromatic carbocycles. The molecule has 6 heteroatoms. The van der Waals surface area contributed by atoms with Gasteiger partial charge in [-0.1, -0.05) is 6.92 Å². The van der Waals surface area contributed by atoms with Crippen molar-refractivity contribution in [3.05, 3.63) is 35.6 Å². The van der Waals surface area contributed by atoms with Crippen LogP contribution in [0.25, 0.3) is 0 Å². The summed E-state index contributed by atoms with van der Waals surface area (Å²) in [5.74, 6) is -2.35. The fourth-order valence-corrected chi connectivity index (χ4v) is 1.96. The van der Waals surface area contributed by atoms with Gasteiger partial charge in [0.2, 0.25) is 0 Å². The van der Waals surface area contributed by atoms with Crippen molar-refractivity contribution in [2.75, 3.05) is 26.3 Å². The molecule has 0 aromatic heterocycles. The third kappa shape index (κ3) is 5.81. The summed E-state index contributed by atoms with van der Waals surface area (Å²) in [6.45, 7) is 5.04. The third-order valence-corrected chi connectivity index (χ3v) is 3.22. The normalized spacial score (nSPS) is 12.0. The number of carboxylic acid groups (broad SMARTS) is 1. The first-order valence-electron chi connectivity index (χ1n) is 7.31. The Bertz CT molecular complexity index is 489. The van der Waals surface area contributed by atoms with E-state index in [1.165, 1.54) is 29.2 Å². The summed E-state index contributed by atoms with van der Waals surface area (Å²) in [5, 5.41) is 9.02. The highest BCUT2D eigenvalue weighted by Gasteiger charge is 2.21. The lowest BCUT2D eigenvalue weighted by Gasteiger charge is -2.24. The van der Waals surface area contributed by atoms with Crippen molar-refractivity contribution in [2.45, 2.75) is 20.3 Å². The summed E-state index contributed by atoms with van der Waals surface area (Å²) in [4.78, 5) is 24.9. The quantitative estimate of drug-likeness (QED) is 0.711. The van der Waals surface area contributed by atoms with Gasteiger partial charge in [-0.05, 0) is 37.6 Å². The van der Waals surface area contributed by atoms with Crippen molar-refractivity contribution in [1.82, 2.24) is 4.90 Å². The van der Waals surface area contributed by atoms with Crippen molar-refractivity contribution >= 4 is 11.9 Å². The van der Waals surface area contributed by atoms with Crippen LogP contribution < -0.4 is 0 Å². The summed E-state index contributed by atoms with van der Waals surface area (Å²) in [5.41, 5.74) is 0.343. The van der Waals surface area contributed by atoms with E-state index in [0.29, 0.717) is 31.7 Å². The van der Waals surface area contributed by atoms with Crippen molar-refractivity contribution < 1.29 is 23.8 Å². The average molecular weight is 311 g/mol. The SMILES string of the molecule is CCOCCCN(CC(C)C(=O)O)C(=O)c1ccc(F)cc1. The van der Waals surface area contributed by atoms with Crippen LogP contribution in [0.15, 0.2) is 24.3 Å². The van der Waals surface area contributed by atoms with E-state index in [1.807, 2.05) is 6.92 Å². The summed E-state index contributed by atoms with van der Waals surface area (Å²) < 4.78 is 18.2. The van der Waals surface area contributed by atoms with E-state index < -0.39 is 17.7 Å². The van der Waals surface area contributed by atoms with Crippen LogP contribution in [0.4, 0.5) is 4.39 Å².